The van der Waals surface area contributed by atoms with Crippen molar-refractivity contribution in [2.45, 2.75) is 33.1 Å². The highest BCUT2D eigenvalue weighted by atomic mass is 79.9. The molecular weight excluding hydrogens is 366 g/mol. The van der Waals surface area contributed by atoms with Gasteiger partial charge in [0.05, 0.1) is 0 Å². The average molecular weight is 384 g/mol. The first-order valence-corrected chi connectivity index (χ1v) is 8.64. The summed E-state index contributed by atoms with van der Waals surface area (Å²) < 4.78 is 0.721. The number of ketones is 2. The number of allylic oxidation sites excluding steroid dienone is 2. The van der Waals surface area contributed by atoms with E-state index >= 15 is 0 Å². The van der Waals surface area contributed by atoms with Crippen LogP contribution in [0.3, 0.4) is 0 Å². The van der Waals surface area contributed by atoms with Gasteiger partial charge >= 0.3 is 0 Å². The van der Waals surface area contributed by atoms with Gasteiger partial charge in [0, 0.05) is 17.7 Å². The Balaban J connectivity index is 1.93. The van der Waals surface area contributed by atoms with Crippen molar-refractivity contribution in [3.05, 3.63) is 74.5 Å². The summed E-state index contributed by atoms with van der Waals surface area (Å²) in [6.07, 6.45) is 1.87. The number of halogens is 1. The molecule has 3 rings (SSSR count). The van der Waals surface area contributed by atoms with E-state index in [2.05, 4.69) is 20.9 Å². The van der Waals surface area contributed by atoms with Crippen LogP contribution in [0, 0.1) is 20.8 Å². The monoisotopic (exact) mass is 383 g/mol. The molecule has 3 nitrogen and oxygen atoms in total. The number of Topliss-reactive ketones (excluding diaryl/α,β-unsaturated/α-hetero) is 1. The van der Waals surface area contributed by atoms with Gasteiger partial charge in [0.15, 0.2) is 11.6 Å². The minimum absolute atomic E-state index is 0.100. The Labute approximate surface area is 149 Å². The number of nitrogens with zero attached hydrogens (tertiary/aromatic N) is 1. The van der Waals surface area contributed by atoms with E-state index in [0.717, 1.165) is 32.6 Å². The Morgan fingerprint density at radius 1 is 1.08 bits per heavy atom. The maximum absolute atomic E-state index is 12.9. The van der Waals surface area contributed by atoms with Crippen LogP contribution in [0.2, 0.25) is 0 Å². The predicted molar refractivity (Wildman–Crippen MR) is 97.1 cm³/mol. The Kier molecular flexibility index (Phi) is 4.50. The number of aromatic nitrogens is 1. The molecule has 1 atom stereocenters. The first-order valence-electron chi connectivity index (χ1n) is 7.84. The van der Waals surface area contributed by atoms with Crippen molar-refractivity contribution >= 4 is 27.5 Å². The standard InChI is InChI=1S/C20H18BrNO2/c1-11-7-12(2)18(13(3)8-11)19-16(23)10-14(20(19)24)9-15-5-4-6-17(21)22-15/h4-8,10,19H,9H2,1-3H3. The highest BCUT2D eigenvalue weighted by Gasteiger charge is 2.37. The summed E-state index contributed by atoms with van der Waals surface area (Å²) in [5.74, 6) is -0.926. The molecule has 0 bridgehead atoms. The van der Waals surface area contributed by atoms with Crippen molar-refractivity contribution in [3.8, 4) is 0 Å². The smallest absolute Gasteiger partial charge is 0.174 e. The number of carbonyl (C=O) groups is 2. The molecule has 1 heterocycles. The molecule has 0 fully saturated rings. The van der Waals surface area contributed by atoms with E-state index in [1.54, 1.807) is 0 Å². The lowest BCUT2D eigenvalue weighted by Crippen LogP contribution is -2.18. The first-order chi connectivity index (χ1) is 11.4. The van der Waals surface area contributed by atoms with Gasteiger partial charge in [-0.1, -0.05) is 23.8 Å². The Bertz CT molecular complexity index is 860. The SMILES string of the molecule is Cc1cc(C)c(C2C(=O)C=C(Cc3cccc(Br)n3)C2=O)c(C)c1. The Morgan fingerprint density at radius 3 is 2.38 bits per heavy atom. The summed E-state index contributed by atoms with van der Waals surface area (Å²) in [6, 6.07) is 9.62. The van der Waals surface area contributed by atoms with E-state index in [0.29, 0.717) is 12.0 Å². The van der Waals surface area contributed by atoms with E-state index in [-0.39, 0.29) is 11.6 Å². The van der Waals surface area contributed by atoms with E-state index in [4.69, 9.17) is 0 Å². The summed E-state index contributed by atoms with van der Waals surface area (Å²) in [6.45, 7) is 5.94. The van der Waals surface area contributed by atoms with Gasteiger partial charge in [0.2, 0.25) is 0 Å². The molecule has 0 amide bonds. The molecule has 0 radical (unpaired) electrons. The van der Waals surface area contributed by atoms with E-state index in [1.165, 1.54) is 6.08 Å². The third-order valence-corrected chi connectivity index (χ3v) is 4.79. The normalized spacial score (nSPS) is 17.3. The molecule has 2 aromatic rings. The molecule has 24 heavy (non-hydrogen) atoms. The molecular formula is C20H18BrNO2. The van der Waals surface area contributed by atoms with Crippen molar-refractivity contribution in [3.63, 3.8) is 0 Å². The topological polar surface area (TPSA) is 47.0 Å². The Morgan fingerprint density at radius 2 is 1.75 bits per heavy atom. The predicted octanol–water partition coefficient (Wildman–Crippen LogP) is 4.17. The average Bonchev–Trinajstić information content (AvgIpc) is 2.74. The number of hydrogen-bond acceptors (Lipinski definition) is 3. The second kappa shape index (κ2) is 6.44. The molecule has 122 valence electrons. The van der Waals surface area contributed by atoms with Crippen LogP contribution in [-0.4, -0.2) is 16.6 Å². The molecule has 1 unspecified atom stereocenters. The second-order valence-electron chi connectivity index (χ2n) is 6.31. The number of rotatable bonds is 3. The minimum atomic E-state index is -0.701. The summed E-state index contributed by atoms with van der Waals surface area (Å²) in [7, 11) is 0. The number of pyridine rings is 1. The largest absolute Gasteiger partial charge is 0.294 e. The summed E-state index contributed by atoms with van der Waals surface area (Å²) >= 11 is 3.33. The van der Waals surface area contributed by atoms with E-state index in [1.807, 2.05) is 51.1 Å². The van der Waals surface area contributed by atoms with E-state index < -0.39 is 5.92 Å². The molecule has 0 N–H and O–H groups in total. The van der Waals surface area contributed by atoms with Gasteiger partial charge in [-0.15, -0.1) is 0 Å². The van der Waals surface area contributed by atoms with Crippen molar-refractivity contribution in [2.24, 2.45) is 0 Å². The number of hydrogen-bond donors (Lipinski definition) is 0. The number of carbonyl (C=O) groups excluding carboxylic acids is 2. The molecule has 0 saturated heterocycles. The third kappa shape index (κ3) is 3.11. The van der Waals surface area contributed by atoms with Crippen molar-refractivity contribution < 1.29 is 9.59 Å². The maximum Gasteiger partial charge on any atom is 0.174 e. The van der Waals surface area contributed by atoms with Crippen LogP contribution in [-0.2, 0) is 16.0 Å². The highest BCUT2D eigenvalue weighted by Crippen LogP contribution is 2.34. The van der Waals surface area contributed by atoms with Gasteiger partial charge in [0.1, 0.15) is 10.5 Å². The molecule has 1 aliphatic rings. The lowest BCUT2D eigenvalue weighted by Gasteiger charge is -2.16. The fraction of sp³-hybridized carbons (Fsp3) is 0.250. The van der Waals surface area contributed by atoms with Crippen LogP contribution in [0.5, 0.6) is 0 Å². The number of aryl methyl sites for hydroxylation is 3. The molecule has 1 aliphatic carbocycles. The second-order valence-corrected chi connectivity index (χ2v) is 7.12. The molecule has 0 spiro atoms. The van der Waals surface area contributed by atoms with Crippen molar-refractivity contribution in [2.75, 3.05) is 0 Å². The van der Waals surface area contributed by atoms with Crippen LogP contribution >= 0.6 is 15.9 Å². The van der Waals surface area contributed by atoms with Crippen LogP contribution in [0.1, 0.15) is 33.9 Å². The van der Waals surface area contributed by atoms with Gasteiger partial charge < -0.3 is 0 Å². The maximum atomic E-state index is 12.9. The van der Waals surface area contributed by atoms with Crippen LogP contribution in [0.4, 0.5) is 0 Å². The van der Waals surface area contributed by atoms with Gasteiger partial charge in [-0.25, -0.2) is 4.98 Å². The number of benzene rings is 1. The third-order valence-electron chi connectivity index (χ3n) is 4.35. The van der Waals surface area contributed by atoms with Gasteiger partial charge in [-0.2, -0.15) is 0 Å². The van der Waals surface area contributed by atoms with Crippen molar-refractivity contribution in [1.29, 1.82) is 0 Å². The Hall–Kier alpha value is -2.07. The first kappa shape index (κ1) is 16.8. The van der Waals surface area contributed by atoms with Crippen LogP contribution in [0.15, 0.2) is 46.6 Å². The molecule has 0 aliphatic heterocycles. The zero-order chi connectivity index (χ0) is 17.4. The van der Waals surface area contributed by atoms with Gasteiger partial charge in [-0.3, -0.25) is 9.59 Å². The fourth-order valence-electron chi connectivity index (χ4n) is 3.44. The molecule has 0 saturated carbocycles. The summed E-state index contributed by atoms with van der Waals surface area (Å²) in [5.41, 5.74) is 5.29. The molecule has 1 aromatic heterocycles. The van der Waals surface area contributed by atoms with Crippen LogP contribution < -0.4 is 0 Å². The molecule has 4 heteroatoms. The van der Waals surface area contributed by atoms with Gasteiger partial charge in [-0.05, 0) is 71.6 Å². The van der Waals surface area contributed by atoms with Crippen molar-refractivity contribution in [1.82, 2.24) is 4.98 Å². The highest BCUT2D eigenvalue weighted by molar-refractivity contribution is 9.10. The molecule has 1 aromatic carbocycles. The quantitative estimate of drug-likeness (QED) is 0.589. The fourth-order valence-corrected chi connectivity index (χ4v) is 3.82. The van der Waals surface area contributed by atoms with Gasteiger partial charge in [0.25, 0.3) is 0 Å². The zero-order valence-corrected chi connectivity index (χ0v) is 15.5. The summed E-state index contributed by atoms with van der Waals surface area (Å²) in [5, 5.41) is 0. The minimum Gasteiger partial charge on any atom is -0.294 e. The van der Waals surface area contributed by atoms with E-state index in [9.17, 15) is 9.59 Å². The van der Waals surface area contributed by atoms with Crippen LogP contribution in [0.25, 0.3) is 0 Å². The summed E-state index contributed by atoms with van der Waals surface area (Å²) in [4.78, 5) is 29.7. The lowest BCUT2D eigenvalue weighted by molar-refractivity contribution is -0.122. The zero-order valence-electron chi connectivity index (χ0n) is 13.9. The lowest BCUT2D eigenvalue weighted by atomic mass is 9.85.